The van der Waals surface area contributed by atoms with Crippen molar-refractivity contribution in [2.24, 2.45) is 5.41 Å². The van der Waals surface area contributed by atoms with Gasteiger partial charge in [-0.25, -0.2) is 0 Å². The van der Waals surface area contributed by atoms with Crippen molar-refractivity contribution in [3.8, 4) is 0 Å². The molecule has 1 saturated carbocycles. The molecule has 106 valence electrons. The standard InChI is InChI=1S/C11H19F3N2O2/c1-6(9(18)15-5-11(12,13)14)16-7-4-8(17)10(7,2)3/h6-8,16-17H,4-5H2,1-3H3,(H,15,18). The molecule has 1 amide bonds. The zero-order valence-electron chi connectivity index (χ0n) is 10.6. The summed E-state index contributed by atoms with van der Waals surface area (Å²) in [6.07, 6.45) is -4.34. The minimum absolute atomic E-state index is 0.0702. The summed E-state index contributed by atoms with van der Waals surface area (Å²) in [6, 6.07) is -0.789. The lowest BCUT2D eigenvalue weighted by Crippen LogP contribution is -2.63. The van der Waals surface area contributed by atoms with Crippen molar-refractivity contribution in [3.05, 3.63) is 0 Å². The van der Waals surface area contributed by atoms with E-state index in [9.17, 15) is 23.1 Å². The van der Waals surface area contributed by atoms with Gasteiger partial charge in [0, 0.05) is 11.5 Å². The van der Waals surface area contributed by atoms with E-state index in [1.165, 1.54) is 6.92 Å². The Labute approximate surface area is 104 Å². The Kier molecular flexibility index (Phi) is 4.27. The number of nitrogens with one attached hydrogen (secondary N) is 2. The van der Waals surface area contributed by atoms with Crippen LogP contribution in [0.3, 0.4) is 0 Å². The van der Waals surface area contributed by atoms with Crippen LogP contribution in [0.5, 0.6) is 0 Å². The maximum Gasteiger partial charge on any atom is 0.405 e. The summed E-state index contributed by atoms with van der Waals surface area (Å²) in [7, 11) is 0. The molecule has 18 heavy (non-hydrogen) atoms. The second kappa shape index (κ2) is 5.05. The van der Waals surface area contributed by atoms with E-state index in [1.807, 2.05) is 19.2 Å². The minimum Gasteiger partial charge on any atom is -0.392 e. The molecule has 3 atom stereocenters. The van der Waals surface area contributed by atoms with Gasteiger partial charge in [0.05, 0.1) is 12.1 Å². The van der Waals surface area contributed by atoms with Crippen LogP contribution in [0.2, 0.25) is 0 Å². The summed E-state index contributed by atoms with van der Waals surface area (Å²) in [5.74, 6) is -0.690. The van der Waals surface area contributed by atoms with Crippen LogP contribution < -0.4 is 10.6 Å². The molecule has 0 aromatic carbocycles. The molecule has 1 aliphatic carbocycles. The van der Waals surface area contributed by atoms with Crippen LogP contribution in [-0.4, -0.2) is 41.9 Å². The van der Waals surface area contributed by atoms with E-state index in [0.717, 1.165) is 0 Å². The summed E-state index contributed by atoms with van der Waals surface area (Å²) >= 11 is 0. The number of aliphatic hydroxyl groups excluding tert-OH is 1. The summed E-state index contributed by atoms with van der Waals surface area (Å²) < 4.78 is 35.8. The molecule has 3 N–H and O–H groups in total. The highest BCUT2D eigenvalue weighted by molar-refractivity contribution is 5.81. The van der Waals surface area contributed by atoms with Crippen LogP contribution >= 0.6 is 0 Å². The topological polar surface area (TPSA) is 61.4 Å². The lowest BCUT2D eigenvalue weighted by Gasteiger charge is -2.50. The van der Waals surface area contributed by atoms with Gasteiger partial charge in [0.25, 0.3) is 0 Å². The molecule has 3 unspecified atom stereocenters. The van der Waals surface area contributed by atoms with Crippen LogP contribution in [-0.2, 0) is 4.79 Å². The van der Waals surface area contributed by atoms with Gasteiger partial charge in [-0.1, -0.05) is 13.8 Å². The largest absolute Gasteiger partial charge is 0.405 e. The molecular weight excluding hydrogens is 249 g/mol. The number of carbonyl (C=O) groups excluding carboxylic acids is 1. The van der Waals surface area contributed by atoms with Crippen LogP contribution in [0.15, 0.2) is 0 Å². The second-order valence-electron chi connectivity index (χ2n) is 5.35. The molecule has 0 aromatic heterocycles. The Bertz CT molecular complexity index is 318. The average molecular weight is 268 g/mol. The predicted octanol–water partition coefficient (Wildman–Crippen LogP) is 0.802. The maximum absolute atomic E-state index is 11.9. The van der Waals surface area contributed by atoms with Gasteiger partial charge in [-0.05, 0) is 13.3 Å². The summed E-state index contributed by atoms with van der Waals surface area (Å²) in [5.41, 5.74) is -0.363. The first-order valence-electron chi connectivity index (χ1n) is 5.82. The number of alkyl halides is 3. The van der Waals surface area contributed by atoms with Gasteiger partial charge in [-0.15, -0.1) is 0 Å². The van der Waals surface area contributed by atoms with Crippen molar-refractivity contribution >= 4 is 5.91 Å². The van der Waals surface area contributed by atoms with E-state index >= 15 is 0 Å². The third-order valence-corrected chi connectivity index (χ3v) is 3.52. The van der Waals surface area contributed by atoms with Crippen LogP contribution in [0.4, 0.5) is 13.2 Å². The van der Waals surface area contributed by atoms with Gasteiger partial charge in [0.1, 0.15) is 6.54 Å². The zero-order valence-corrected chi connectivity index (χ0v) is 10.6. The third kappa shape index (κ3) is 3.58. The van der Waals surface area contributed by atoms with Gasteiger partial charge < -0.3 is 15.7 Å². The van der Waals surface area contributed by atoms with Gasteiger partial charge in [-0.3, -0.25) is 4.79 Å². The highest BCUT2D eigenvalue weighted by atomic mass is 19.4. The van der Waals surface area contributed by atoms with Gasteiger partial charge in [0.15, 0.2) is 0 Å². The number of hydrogen-bond donors (Lipinski definition) is 3. The molecule has 1 fully saturated rings. The smallest absolute Gasteiger partial charge is 0.392 e. The van der Waals surface area contributed by atoms with Crippen LogP contribution in [0.25, 0.3) is 0 Å². The Morgan fingerprint density at radius 1 is 1.50 bits per heavy atom. The summed E-state index contributed by atoms with van der Waals surface area (Å²) in [4.78, 5) is 11.4. The normalized spacial score (nSPS) is 28.4. The predicted molar refractivity (Wildman–Crippen MR) is 59.9 cm³/mol. The van der Waals surface area contributed by atoms with E-state index in [2.05, 4.69) is 5.32 Å². The molecule has 0 heterocycles. The number of hydrogen-bond acceptors (Lipinski definition) is 3. The first kappa shape index (κ1) is 15.2. The first-order chi connectivity index (χ1) is 8.04. The van der Waals surface area contributed by atoms with E-state index in [-0.39, 0.29) is 11.5 Å². The van der Waals surface area contributed by atoms with E-state index in [1.54, 1.807) is 0 Å². The molecule has 4 nitrogen and oxygen atoms in total. The number of halogens is 3. The Hall–Kier alpha value is -0.820. The third-order valence-electron chi connectivity index (χ3n) is 3.52. The van der Waals surface area contributed by atoms with Crippen LogP contribution in [0.1, 0.15) is 27.2 Å². The Balaban J connectivity index is 2.37. The molecule has 0 aromatic rings. The van der Waals surface area contributed by atoms with Crippen molar-refractivity contribution in [1.29, 1.82) is 0 Å². The number of amides is 1. The zero-order chi connectivity index (χ0) is 14.1. The van der Waals surface area contributed by atoms with E-state index in [4.69, 9.17) is 0 Å². The molecule has 1 rings (SSSR count). The van der Waals surface area contributed by atoms with Gasteiger partial charge >= 0.3 is 6.18 Å². The number of carbonyl (C=O) groups is 1. The van der Waals surface area contributed by atoms with Crippen molar-refractivity contribution < 1.29 is 23.1 Å². The van der Waals surface area contributed by atoms with Crippen LogP contribution in [0, 0.1) is 5.41 Å². The molecular formula is C11H19F3N2O2. The van der Waals surface area contributed by atoms with Crippen molar-refractivity contribution in [2.75, 3.05) is 6.54 Å². The van der Waals surface area contributed by atoms with E-state index in [0.29, 0.717) is 6.42 Å². The Morgan fingerprint density at radius 2 is 2.06 bits per heavy atom. The number of aliphatic hydroxyl groups is 1. The molecule has 0 spiro atoms. The lowest BCUT2D eigenvalue weighted by molar-refractivity contribution is -0.140. The van der Waals surface area contributed by atoms with Gasteiger partial charge in [0.2, 0.25) is 5.91 Å². The Morgan fingerprint density at radius 3 is 2.44 bits per heavy atom. The first-order valence-corrected chi connectivity index (χ1v) is 5.82. The lowest BCUT2D eigenvalue weighted by atomic mass is 9.64. The SMILES string of the molecule is CC(NC1CC(O)C1(C)C)C(=O)NCC(F)(F)F. The van der Waals surface area contributed by atoms with Crippen molar-refractivity contribution in [3.63, 3.8) is 0 Å². The highest BCUT2D eigenvalue weighted by Crippen LogP contribution is 2.40. The molecule has 0 radical (unpaired) electrons. The molecule has 0 saturated heterocycles. The summed E-state index contributed by atoms with van der Waals surface area (Å²) in [6.45, 7) is 3.87. The van der Waals surface area contributed by atoms with E-state index < -0.39 is 30.8 Å². The van der Waals surface area contributed by atoms with Crippen molar-refractivity contribution in [1.82, 2.24) is 10.6 Å². The quantitative estimate of drug-likeness (QED) is 0.707. The summed E-state index contributed by atoms with van der Waals surface area (Å²) in [5, 5.41) is 14.3. The maximum atomic E-state index is 11.9. The molecule has 0 aliphatic heterocycles. The number of rotatable bonds is 4. The fraction of sp³-hybridized carbons (Fsp3) is 0.909. The minimum atomic E-state index is -4.40. The fourth-order valence-corrected chi connectivity index (χ4v) is 1.90. The van der Waals surface area contributed by atoms with Crippen molar-refractivity contribution in [2.45, 2.75) is 51.6 Å². The highest BCUT2D eigenvalue weighted by Gasteiger charge is 2.47. The average Bonchev–Trinajstić information content (AvgIpc) is 2.24. The van der Waals surface area contributed by atoms with Gasteiger partial charge in [-0.2, -0.15) is 13.2 Å². The monoisotopic (exact) mass is 268 g/mol. The fourth-order valence-electron chi connectivity index (χ4n) is 1.90. The second-order valence-corrected chi connectivity index (χ2v) is 5.35. The molecule has 7 heteroatoms. The molecule has 0 bridgehead atoms. The molecule has 1 aliphatic rings.